The number of carbonyl (C=O) groups is 1. The Hall–Kier alpha value is -2.12. The molecule has 1 aliphatic heterocycles. The lowest BCUT2D eigenvalue weighted by Crippen LogP contribution is -2.50. The van der Waals surface area contributed by atoms with Gasteiger partial charge in [-0.2, -0.15) is 4.31 Å². The molecule has 1 aliphatic rings. The molecule has 1 aromatic heterocycles. The molecule has 7 heteroatoms. The Bertz CT molecular complexity index is 894. The number of sulfonamides is 1. The number of furan rings is 1. The number of amides is 1. The Kier molecular flexibility index (Phi) is 4.71. The van der Waals surface area contributed by atoms with Crippen molar-refractivity contribution in [3.05, 3.63) is 53.0 Å². The van der Waals surface area contributed by atoms with E-state index in [1.807, 2.05) is 19.1 Å². The van der Waals surface area contributed by atoms with Gasteiger partial charge in [-0.3, -0.25) is 4.79 Å². The third kappa shape index (κ3) is 3.34. The van der Waals surface area contributed by atoms with E-state index < -0.39 is 10.0 Å². The van der Waals surface area contributed by atoms with Gasteiger partial charge in [0.15, 0.2) is 0 Å². The van der Waals surface area contributed by atoms with Crippen molar-refractivity contribution in [1.82, 2.24) is 9.21 Å². The normalized spacial score (nSPS) is 16.2. The third-order valence-corrected chi connectivity index (χ3v) is 6.62. The minimum absolute atomic E-state index is 0.116. The Morgan fingerprint density at radius 1 is 1.04 bits per heavy atom. The molecule has 0 N–H and O–H groups in total. The highest BCUT2D eigenvalue weighted by atomic mass is 32.2. The highest BCUT2D eigenvalue weighted by Gasteiger charge is 2.31. The number of piperazine rings is 1. The number of nitrogens with zero attached hydrogens (tertiary/aromatic N) is 2. The van der Waals surface area contributed by atoms with E-state index >= 15 is 0 Å². The molecule has 2 aromatic rings. The molecule has 0 unspecified atom stereocenters. The van der Waals surface area contributed by atoms with Gasteiger partial charge in [0.25, 0.3) is 5.91 Å². The van der Waals surface area contributed by atoms with Crippen LogP contribution in [-0.2, 0) is 10.0 Å². The number of hydrogen-bond donors (Lipinski definition) is 0. The van der Waals surface area contributed by atoms with E-state index in [4.69, 9.17) is 4.42 Å². The average Bonchev–Trinajstić information content (AvgIpc) is 3.02. The van der Waals surface area contributed by atoms with Crippen molar-refractivity contribution in [2.45, 2.75) is 25.7 Å². The summed E-state index contributed by atoms with van der Waals surface area (Å²) in [5.41, 5.74) is 2.18. The first-order chi connectivity index (χ1) is 11.8. The second kappa shape index (κ2) is 6.65. The van der Waals surface area contributed by atoms with Crippen LogP contribution in [0.15, 0.2) is 39.8 Å². The summed E-state index contributed by atoms with van der Waals surface area (Å²) in [6.45, 7) is 6.74. The zero-order valence-corrected chi connectivity index (χ0v) is 15.5. The zero-order valence-electron chi connectivity index (χ0n) is 14.7. The molecule has 1 aromatic carbocycles. The van der Waals surface area contributed by atoms with Crippen LogP contribution in [0.1, 0.15) is 27.2 Å². The summed E-state index contributed by atoms with van der Waals surface area (Å²) in [6.07, 6.45) is 1.49. The lowest BCUT2D eigenvalue weighted by atomic mass is 10.2. The van der Waals surface area contributed by atoms with Crippen molar-refractivity contribution in [2.75, 3.05) is 26.2 Å². The van der Waals surface area contributed by atoms with Crippen LogP contribution in [0.25, 0.3) is 0 Å². The van der Waals surface area contributed by atoms with Crippen LogP contribution in [0.4, 0.5) is 0 Å². The highest BCUT2D eigenvalue weighted by Crippen LogP contribution is 2.23. The molecule has 0 bridgehead atoms. The fourth-order valence-corrected chi connectivity index (χ4v) is 4.76. The molecule has 0 aliphatic carbocycles. The van der Waals surface area contributed by atoms with Crippen LogP contribution in [0, 0.1) is 20.8 Å². The van der Waals surface area contributed by atoms with Crippen LogP contribution in [0.3, 0.4) is 0 Å². The molecular weight excluding hydrogens is 340 g/mol. The van der Waals surface area contributed by atoms with E-state index in [1.165, 1.54) is 10.6 Å². The topological polar surface area (TPSA) is 70.8 Å². The molecule has 2 heterocycles. The van der Waals surface area contributed by atoms with Crippen molar-refractivity contribution in [3.63, 3.8) is 0 Å². The van der Waals surface area contributed by atoms with Gasteiger partial charge < -0.3 is 9.32 Å². The Morgan fingerprint density at radius 2 is 1.72 bits per heavy atom. The van der Waals surface area contributed by atoms with Crippen molar-refractivity contribution in [1.29, 1.82) is 0 Å². The summed E-state index contributed by atoms with van der Waals surface area (Å²) in [4.78, 5) is 14.5. The summed E-state index contributed by atoms with van der Waals surface area (Å²) in [6, 6.07) is 7.08. The number of carbonyl (C=O) groups excluding carboxylic acids is 1. The van der Waals surface area contributed by atoms with Crippen molar-refractivity contribution in [3.8, 4) is 0 Å². The first-order valence-corrected chi connectivity index (χ1v) is 9.65. The van der Waals surface area contributed by atoms with E-state index in [9.17, 15) is 13.2 Å². The highest BCUT2D eigenvalue weighted by molar-refractivity contribution is 7.89. The third-order valence-electron chi connectivity index (χ3n) is 4.58. The molecule has 1 fully saturated rings. The van der Waals surface area contributed by atoms with Crippen molar-refractivity contribution >= 4 is 15.9 Å². The second-order valence-corrected chi connectivity index (χ2v) is 8.26. The number of aryl methyl sites for hydroxylation is 3. The predicted octanol–water partition coefficient (Wildman–Crippen LogP) is 2.35. The molecule has 1 amide bonds. The maximum atomic E-state index is 12.9. The molecule has 0 saturated carbocycles. The molecule has 3 rings (SSSR count). The van der Waals surface area contributed by atoms with Crippen LogP contribution in [0.2, 0.25) is 0 Å². The van der Waals surface area contributed by atoms with E-state index in [1.54, 1.807) is 30.9 Å². The van der Waals surface area contributed by atoms with Gasteiger partial charge in [-0.05, 0) is 44.0 Å². The molecule has 6 nitrogen and oxygen atoms in total. The van der Waals surface area contributed by atoms with Crippen LogP contribution >= 0.6 is 0 Å². The first-order valence-electron chi connectivity index (χ1n) is 8.21. The maximum absolute atomic E-state index is 12.9. The SMILES string of the molecule is Cc1ccc(C)c(S(=O)(=O)N2CCN(C(=O)c3ccoc3C)CC2)c1. The monoisotopic (exact) mass is 362 g/mol. The van der Waals surface area contributed by atoms with E-state index in [2.05, 4.69) is 0 Å². The molecular formula is C18H22N2O4S. The summed E-state index contributed by atoms with van der Waals surface area (Å²) in [5, 5.41) is 0. The van der Waals surface area contributed by atoms with Gasteiger partial charge in [0.1, 0.15) is 5.76 Å². The van der Waals surface area contributed by atoms with Gasteiger partial charge in [-0.15, -0.1) is 0 Å². The maximum Gasteiger partial charge on any atom is 0.257 e. The van der Waals surface area contributed by atoms with Gasteiger partial charge in [0.2, 0.25) is 10.0 Å². The molecule has 0 atom stereocenters. The Labute approximate surface area is 148 Å². The minimum Gasteiger partial charge on any atom is -0.469 e. The average molecular weight is 362 g/mol. The molecule has 25 heavy (non-hydrogen) atoms. The molecule has 1 saturated heterocycles. The lowest BCUT2D eigenvalue weighted by molar-refractivity contribution is 0.0696. The summed E-state index contributed by atoms with van der Waals surface area (Å²) >= 11 is 0. The largest absolute Gasteiger partial charge is 0.469 e. The van der Waals surface area contributed by atoms with Gasteiger partial charge >= 0.3 is 0 Å². The zero-order chi connectivity index (χ0) is 18.2. The van der Waals surface area contributed by atoms with Crippen molar-refractivity contribution < 1.29 is 17.6 Å². The lowest BCUT2D eigenvalue weighted by Gasteiger charge is -2.34. The summed E-state index contributed by atoms with van der Waals surface area (Å²) < 4.78 is 32.5. The van der Waals surface area contributed by atoms with Crippen LogP contribution in [-0.4, -0.2) is 49.7 Å². The van der Waals surface area contributed by atoms with E-state index in [0.29, 0.717) is 42.4 Å². The summed E-state index contributed by atoms with van der Waals surface area (Å²) in [7, 11) is -3.55. The fourth-order valence-electron chi connectivity index (χ4n) is 3.03. The smallest absolute Gasteiger partial charge is 0.257 e. The van der Waals surface area contributed by atoms with Gasteiger partial charge in [-0.25, -0.2) is 8.42 Å². The van der Waals surface area contributed by atoms with E-state index in [-0.39, 0.29) is 5.91 Å². The number of benzene rings is 1. The molecule has 0 radical (unpaired) electrons. The van der Waals surface area contributed by atoms with Gasteiger partial charge in [-0.1, -0.05) is 12.1 Å². The van der Waals surface area contributed by atoms with Gasteiger partial charge in [0, 0.05) is 26.2 Å². The number of rotatable bonds is 3. The summed E-state index contributed by atoms with van der Waals surface area (Å²) in [5.74, 6) is 0.463. The first kappa shape index (κ1) is 17.7. The quantitative estimate of drug-likeness (QED) is 0.840. The Balaban J connectivity index is 1.74. The van der Waals surface area contributed by atoms with E-state index in [0.717, 1.165) is 11.1 Å². The van der Waals surface area contributed by atoms with Crippen LogP contribution in [0.5, 0.6) is 0 Å². The van der Waals surface area contributed by atoms with Crippen molar-refractivity contribution in [2.24, 2.45) is 0 Å². The Morgan fingerprint density at radius 3 is 2.32 bits per heavy atom. The second-order valence-electron chi connectivity index (χ2n) is 6.36. The standard InChI is InChI=1S/C18H22N2O4S/c1-13-4-5-14(2)17(12-13)25(22,23)20-9-7-19(8-10-20)18(21)16-6-11-24-15(16)3/h4-6,11-12H,7-10H2,1-3H3. The predicted molar refractivity (Wildman–Crippen MR) is 94.0 cm³/mol. The minimum atomic E-state index is -3.55. The number of hydrogen-bond acceptors (Lipinski definition) is 4. The molecule has 0 spiro atoms. The fraction of sp³-hybridized carbons (Fsp3) is 0.389. The van der Waals surface area contributed by atoms with Crippen LogP contribution < -0.4 is 0 Å². The van der Waals surface area contributed by atoms with Gasteiger partial charge in [0.05, 0.1) is 16.7 Å². The molecule has 134 valence electrons.